The summed E-state index contributed by atoms with van der Waals surface area (Å²) in [5.41, 5.74) is 0. The fourth-order valence-corrected chi connectivity index (χ4v) is 1.74. The zero-order chi connectivity index (χ0) is 11.2. The minimum atomic E-state index is 0.206. The van der Waals surface area contributed by atoms with Crippen molar-refractivity contribution in [2.24, 2.45) is 0 Å². The van der Waals surface area contributed by atoms with Gasteiger partial charge in [0, 0.05) is 32.0 Å². The molecule has 1 aromatic rings. The number of imidazole rings is 1. The van der Waals surface area contributed by atoms with Crippen molar-refractivity contribution in [1.29, 1.82) is 0 Å². The molecule has 90 valence electrons. The van der Waals surface area contributed by atoms with Gasteiger partial charge < -0.3 is 19.4 Å². The molecule has 16 heavy (non-hydrogen) atoms. The Hall–Kier alpha value is -0.910. The summed E-state index contributed by atoms with van der Waals surface area (Å²) in [5, 5.41) is 3.28. The Balaban J connectivity index is 1.59. The van der Waals surface area contributed by atoms with Crippen LogP contribution in [-0.4, -0.2) is 48.6 Å². The number of ether oxygens (including phenoxy) is 2. The quantitative estimate of drug-likeness (QED) is 0.727. The Morgan fingerprint density at radius 1 is 1.69 bits per heavy atom. The first-order valence-corrected chi connectivity index (χ1v) is 5.74. The van der Waals surface area contributed by atoms with Crippen LogP contribution in [0.3, 0.4) is 0 Å². The standard InChI is InChI=1S/C11H19N3O2/c1-10-13-2-4-14(10)5-7-15-9-11-8-12-3-6-16-11/h2,4,11-12H,3,5-9H2,1H3. The van der Waals surface area contributed by atoms with E-state index in [0.29, 0.717) is 13.2 Å². The zero-order valence-corrected chi connectivity index (χ0v) is 9.69. The number of morpholine rings is 1. The summed E-state index contributed by atoms with van der Waals surface area (Å²) in [4.78, 5) is 4.16. The van der Waals surface area contributed by atoms with Gasteiger partial charge in [-0.05, 0) is 6.92 Å². The molecule has 1 aromatic heterocycles. The summed E-state index contributed by atoms with van der Waals surface area (Å²) in [6.07, 6.45) is 3.98. The van der Waals surface area contributed by atoms with Crippen molar-refractivity contribution >= 4 is 0 Å². The highest BCUT2D eigenvalue weighted by Crippen LogP contribution is 1.98. The average Bonchev–Trinajstić information content (AvgIpc) is 2.72. The number of nitrogens with one attached hydrogen (secondary N) is 1. The Labute approximate surface area is 95.8 Å². The fourth-order valence-electron chi connectivity index (χ4n) is 1.74. The van der Waals surface area contributed by atoms with Crippen LogP contribution in [0.4, 0.5) is 0 Å². The third-order valence-electron chi connectivity index (χ3n) is 2.71. The van der Waals surface area contributed by atoms with Gasteiger partial charge in [-0.2, -0.15) is 0 Å². The monoisotopic (exact) mass is 225 g/mol. The number of nitrogens with zero attached hydrogens (tertiary/aromatic N) is 2. The van der Waals surface area contributed by atoms with E-state index in [0.717, 1.165) is 32.1 Å². The van der Waals surface area contributed by atoms with Crippen LogP contribution in [0.1, 0.15) is 5.82 Å². The molecule has 1 saturated heterocycles. The molecular formula is C11H19N3O2. The van der Waals surface area contributed by atoms with E-state index < -0.39 is 0 Å². The molecule has 5 heteroatoms. The van der Waals surface area contributed by atoms with E-state index in [2.05, 4.69) is 14.9 Å². The lowest BCUT2D eigenvalue weighted by molar-refractivity contribution is -0.0326. The van der Waals surface area contributed by atoms with Crippen molar-refractivity contribution in [2.45, 2.75) is 19.6 Å². The Kier molecular flexibility index (Phi) is 4.33. The smallest absolute Gasteiger partial charge is 0.105 e. The van der Waals surface area contributed by atoms with Gasteiger partial charge in [0.05, 0.1) is 25.9 Å². The van der Waals surface area contributed by atoms with E-state index in [1.165, 1.54) is 0 Å². The van der Waals surface area contributed by atoms with Crippen LogP contribution in [0.25, 0.3) is 0 Å². The third-order valence-corrected chi connectivity index (χ3v) is 2.71. The van der Waals surface area contributed by atoms with E-state index in [4.69, 9.17) is 9.47 Å². The number of aryl methyl sites for hydroxylation is 1. The maximum Gasteiger partial charge on any atom is 0.105 e. The van der Waals surface area contributed by atoms with Crippen LogP contribution < -0.4 is 5.32 Å². The number of aromatic nitrogens is 2. The van der Waals surface area contributed by atoms with Crippen LogP contribution in [0.2, 0.25) is 0 Å². The van der Waals surface area contributed by atoms with E-state index in [1.54, 1.807) is 0 Å². The molecule has 2 heterocycles. The zero-order valence-electron chi connectivity index (χ0n) is 9.69. The van der Waals surface area contributed by atoms with Gasteiger partial charge in [0.2, 0.25) is 0 Å². The molecule has 0 amide bonds. The average molecular weight is 225 g/mol. The van der Waals surface area contributed by atoms with Crippen molar-refractivity contribution < 1.29 is 9.47 Å². The molecule has 1 atom stereocenters. The van der Waals surface area contributed by atoms with Gasteiger partial charge in [-0.3, -0.25) is 0 Å². The Bertz CT molecular complexity index is 308. The number of hydrogen-bond acceptors (Lipinski definition) is 4. The molecule has 1 N–H and O–H groups in total. The highest BCUT2D eigenvalue weighted by Gasteiger charge is 2.12. The van der Waals surface area contributed by atoms with Gasteiger partial charge in [-0.1, -0.05) is 0 Å². The van der Waals surface area contributed by atoms with E-state index >= 15 is 0 Å². The molecule has 1 aliphatic rings. The Morgan fingerprint density at radius 3 is 3.31 bits per heavy atom. The van der Waals surface area contributed by atoms with Gasteiger partial charge >= 0.3 is 0 Å². The minimum absolute atomic E-state index is 0.206. The first-order chi connectivity index (χ1) is 7.86. The molecule has 1 aliphatic heterocycles. The van der Waals surface area contributed by atoms with Gasteiger partial charge in [0.15, 0.2) is 0 Å². The van der Waals surface area contributed by atoms with Crippen LogP contribution in [-0.2, 0) is 16.0 Å². The first-order valence-electron chi connectivity index (χ1n) is 5.74. The lowest BCUT2D eigenvalue weighted by atomic mass is 10.3. The lowest BCUT2D eigenvalue weighted by Crippen LogP contribution is -2.41. The van der Waals surface area contributed by atoms with Crippen LogP contribution in [0, 0.1) is 6.92 Å². The Morgan fingerprint density at radius 2 is 2.62 bits per heavy atom. The largest absolute Gasteiger partial charge is 0.377 e. The molecule has 0 aromatic carbocycles. The molecule has 0 bridgehead atoms. The minimum Gasteiger partial charge on any atom is -0.377 e. The van der Waals surface area contributed by atoms with Crippen molar-refractivity contribution in [1.82, 2.24) is 14.9 Å². The van der Waals surface area contributed by atoms with Crippen molar-refractivity contribution in [3.05, 3.63) is 18.2 Å². The second-order valence-electron chi connectivity index (χ2n) is 3.94. The highest BCUT2D eigenvalue weighted by molar-refractivity contribution is 4.87. The highest BCUT2D eigenvalue weighted by atomic mass is 16.5. The topological polar surface area (TPSA) is 48.3 Å². The molecule has 1 fully saturated rings. The number of hydrogen-bond donors (Lipinski definition) is 1. The van der Waals surface area contributed by atoms with Gasteiger partial charge in [0.25, 0.3) is 0 Å². The first kappa shape index (κ1) is 11.6. The molecule has 0 spiro atoms. The SMILES string of the molecule is Cc1nccn1CCOCC1CNCCO1. The predicted octanol–water partition coefficient (Wildman–Crippen LogP) is 0.197. The predicted molar refractivity (Wildman–Crippen MR) is 60.4 cm³/mol. The molecule has 1 unspecified atom stereocenters. The van der Waals surface area contributed by atoms with Crippen molar-refractivity contribution in [3.63, 3.8) is 0 Å². The van der Waals surface area contributed by atoms with Crippen LogP contribution >= 0.6 is 0 Å². The molecule has 5 nitrogen and oxygen atoms in total. The summed E-state index contributed by atoms with van der Waals surface area (Å²) in [6.45, 7) is 6.85. The fraction of sp³-hybridized carbons (Fsp3) is 0.727. The van der Waals surface area contributed by atoms with E-state index in [9.17, 15) is 0 Å². The molecular weight excluding hydrogens is 206 g/mol. The van der Waals surface area contributed by atoms with E-state index in [-0.39, 0.29) is 6.10 Å². The molecule has 0 radical (unpaired) electrons. The summed E-state index contributed by atoms with van der Waals surface area (Å²) in [6, 6.07) is 0. The van der Waals surface area contributed by atoms with Crippen molar-refractivity contribution in [3.8, 4) is 0 Å². The maximum atomic E-state index is 5.59. The maximum absolute atomic E-state index is 5.59. The molecule has 0 aliphatic carbocycles. The second-order valence-corrected chi connectivity index (χ2v) is 3.94. The molecule has 0 saturated carbocycles. The summed E-state index contributed by atoms with van der Waals surface area (Å²) in [7, 11) is 0. The van der Waals surface area contributed by atoms with Crippen LogP contribution in [0.5, 0.6) is 0 Å². The second kappa shape index (κ2) is 5.98. The van der Waals surface area contributed by atoms with Crippen molar-refractivity contribution in [2.75, 3.05) is 32.9 Å². The van der Waals surface area contributed by atoms with Gasteiger partial charge in [-0.25, -0.2) is 4.98 Å². The normalized spacial score (nSPS) is 21.2. The molecule has 2 rings (SSSR count). The summed E-state index contributed by atoms with van der Waals surface area (Å²) in [5.74, 6) is 1.03. The summed E-state index contributed by atoms with van der Waals surface area (Å²) >= 11 is 0. The lowest BCUT2D eigenvalue weighted by Gasteiger charge is -2.23. The van der Waals surface area contributed by atoms with Gasteiger partial charge in [0.1, 0.15) is 5.82 Å². The van der Waals surface area contributed by atoms with Crippen LogP contribution in [0.15, 0.2) is 12.4 Å². The van der Waals surface area contributed by atoms with E-state index in [1.807, 2.05) is 19.3 Å². The number of rotatable bonds is 5. The van der Waals surface area contributed by atoms with Gasteiger partial charge in [-0.15, -0.1) is 0 Å². The third kappa shape index (κ3) is 3.30. The summed E-state index contributed by atoms with van der Waals surface area (Å²) < 4.78 is 13.2.